The Kier molecular flexibility index (Phi) is 13.0. The third-order valence-corrected chi connectivity index (χ3v) is 7.67. The Morgan fingerprint density at radius 3 is 2.70 bits per heavy atom. The first-order chi connectivity index (χ1) is 19.2. The normalized spacial score (nSPS) is 23.0. The predicted octanol–water partition coefficient (Wildman–Crippen LogP) is 3.59. The molecule has 1 aliphatic rings. The Bertz CT molecular complexity index is 1100. The fourth-order valence-corrected chi connectivity index (χ4v) is 5.21. The number of pyridine rings is 1. The number of nitrogen functional groups attached to an aromatic ring is 1. The van der Waals surface area contributed by atoms with Crippen LogP contribution in [0, 0.1) is 23.7 Å². The van der Waals surface area contributed by atoms with Gasteiger partial charge in [0, 0.05) is 37.0 Å². The molecule has 0 radical (unpaired) electrons. The van der Waals surface area contributed by atoms with Crippen molar-refractivity contribution >= 4 is 5.82 Å². The van der Waals surface area contributed by atoms with Gasteiger partial charge in [0.25, 0.3) is 0 Å². The number of aryl methyl sites for hydroxylation is 2. The smallest absolute Gasteiger partial charge is 0.161 e. The highest BCUT2D eigenvalue weighted by molar-refractivity contribution is 5.42. The van der Waals surface area contributed by atoms with Crippen LogP contribution < -0.4 is 15.8 Å². The second-order valence-electron chi connectivity index (χ2n) is 11.1. The van der Waals surface area contributed by atoms with E-state index in [1.165, 1.54) is 0 Å². The summed E-state index contributed by atoms with van der Waals surface area (Å²) in [6.45, 7) is 4.84. The molecule has 0 saturated carbocycles. The molecule has 6 atom stereocenters. The standard InChI is InChI=1S/C32H47N3O5/c1-3-23-6-4-8-27(29(38)14-11-26(18-23)35-21-22(2)36)28(37)12-9-25-10-13-30(39)31(19-25)40-17-5-7-24-15-16-34-32(33)20-24/h10,13,15-16,19-20,22-23,26-29,35-39H,3,5,7-9,11-12,14,17-18,21H2,1-2H3,(H2,33,34)/t22-,23+,26+,27+,28+,29-/m0/s1. The third-order valence-electron chi connectivity index (χ3n) is 7.67. The molecule has 0 spiro atoms. The Hall–Kier alpha value is -2.83. The van der Waals surface area contributed by atoms with Crippen molar-refractivity contribution in [3.8, 4) is 23.3 Å². The lowest BCUT2D eigenvalue weighted by molar-refractivity contribution is 0.00428. The molecular weight excluding hydrogens is 506 g/mol. The van der Waals surface area contributed by atoms with Gasteiger partial charge < -0.3 is 36.2 Å². The molecule has 0 bridgehead atoms. The maximum absolute atomic E-state index is 11.1. The molecule has 0 fully saturated rings. The van der Waals surface area contributed by atoms with Gasteiger partial charge in [-0.25, -0.2) is 4.98 Å². The quantitative estimate of drug-likeness (QED) is 0.163. The molecule has 1 aliphatic carbocycles. The van der Waals surface area contributed by atoms with Gasteiger partial charge in [-0.2, -0.15) is 0 Å². The van der Waals surface area contributed by atoms with E-state index in [1.807, 2.05) is 24.3 Å². The van der Waals surface area contributed by atoms with Crippen molar-refractivity contribution in [3.63, 3.8) is 0 Å². The first-order valence-electron chi connectivity index (χ1n) is 14.7. The van der Waals surface area contributed by atoms with Crippen molar-refractivity contribution in [2.24, 2.45) is 11.8 Å². The van der Waals surface area contributed by atoms with Gasteiger partial charge in [-0.1, -0.05) is 18.9 Å². The van der Waals surface area contributed by atoms with Crippen LogP contribution in [0.25, 0.3) is 0 Å². The second kappa shape index (κ2) is 16.4. The summed E-state index contributed by atoms with van der Waals surface area (Å²) in [5.74, 6) is 7.52. The Morgan fingerprint density at radius 1 is 1.15 bits per heavy atom. The number of nitrogens with zero attached hydrogens (tertiary/aromatic N) is 1. The van der Waals surface area contributed by atoms with Crippen LogP contribution >= 0.6 is 0 Å². The molecule has 8 heteroatoms. The molecule has 3 rings (SSSR count). The largest absolute Gasteiger partial charge is 0.504 e. The van der Waals surface area contributed by atoms with Gasteiger partial charge in [0.1, 0.15) is 5.82 Å². The minimum atomic E-state index is -0.710. The average Bonchev–Trinajstić information content (AvgIpc) is 2.93. The summed E-state index contributed by atoms with van der Waals surface area (Å²) >= 11 is 0. The van der Waals surface area contributed by atoms with Gasteiger partial charge in [0.05, 0.1) is 24.9 Å². The monoisotopic (exact) mass is 553 g/mol. The zero-order valence-corrected chi connectivity index (χ0v) is 23.9. The number of hydrogen-bond acceptors (Lipinski definition) is 8. The number of aromatic nitrogens is 1. The summed E-state index contributed by atoms with van der Waals surface area (Å²) in [6.07, 6.45) is 6.13. The van der Waals surface area contributed by atoms with E-state index in [-0.39, 0.29) is 23.6 Å². The number of benzene rings is 1. The van der Waals surface area contributed by atoms with Gasteiger partial charge in [-0.3, -0.25) is 0 Å². The van der Waals surface area contributed by atoms with Crippen molar-refractivity contribution < 1.29 is 25.2 Å². The van der Waals surface area contributed by atoms with Crippen LogP contribution in [0.5, 0.6) is 11.5 Å². The lowest BCUT2D eigenvalue weighted by Gasteiger charge is -2.30. The lowest BCUT2D eigenvalue weighted by atomic mass is 9.84. The minimum absolute atomic E-state index is 0.0831. The summed E-state index contributed by atoms with van der Waals surface area (Å²) in [4.78, 5) is 4.00. The van der Waals surface area contributed by atoms with E-state index >= 15 is 0 Å². The summed E-state index contributed by atoms with van der Waals surface area (Å²) in [7, 11) is 0. The van der Waals surface area contributed by atoms with Crippen LogP contribution in [-0.4, -0.2) is 62.9 Å². The van der Waals surface area contributed by atoms with Crippen molar-refractivity contribution in [2.75, 3.05) is 18.9 Å². The van der Waals surface area contributed by atoms with Gasteiger partial charge in [0.2, 0.25) is 0 Å². The van der Waals surface area contributed by atoms with E-state index in [2.05, 4.69) is 29.1 Å². The van der Waals surface area contributed by atoms with Crippen molar-refractivity contribution in [3.05, 3.63) is 47.7 Å². The van der Waals surface area contributed by atoms with Crippen LogP contribution in [-0.2, 0) is 12.8 Å². The molecule has 1 heterocycles. The van der Waals surface area contributed by atoms with Crippen LogP contribution in [0.3, 0.4) is 0 Å². The first kappa shape index (κ1) is 31.7. The summed E-state index contributed by atoms with van der Waals surface area (Å²) in [5.41, 5.74) is 7.77. The van der Waals surface area contributed by atoms with E-state index in [4.69, 9.17) is 10.5 Å². The summed E-state index contributed by atoms with van der Waals surface area (Å²) in [5, 5.41) is 45.5. The number of phenolic OH excluding ortho intramolecular Hbond substituents is 1. The number of nitrogens with two attached hydrogens (primary N) is 1. The number of aliphatic hydroxyl groups excluding tert-OH is 3. The Labute approximate surface area is 239 Å². The molecule has 0 aliphatic heterocycles. The molecule has 0 saturated heterocycles. The molecule has 2 aromatic rings. The minimum Gasteiger partial charge on any atom is -0.504 e. The van der Waals surface area contributed by atoms with Crippen molar-refractivity contribution in [1.82, 2.24) is 10.3 Å². The van der Waals surface area contributed by atoms with E-state index in [0.717, 1.165) is 43.2 Å². The summed E-state index contributed by atoms with van der Waals surface area (Å²) in [6, 6.07) is 9.22. The van der Waals surface area contributed by atoms with Gasteiger partial charge in [-0.05, 0) is 93.7 Å². The Morgan fingerprint density at radius 2 is 1.95 bits per heavy atom. The highest BCUT2D eigenvalue weighted by atomic mass is 16.5. The first-order valence-corrected chi connectivity index (χ1v) is 14.7. The number of anilines is 1. The number of phenols is 1. The fraction of sp³-hybridized carbons (Fsp3) is 0.594. The molecule has 1 aromatic heterocycles. The third kappa shape index (κ3) is 10.6. The zero-order valence-electron chi connectivity index (χ0n) is 23.9. The van der Waals surface area contributed by atoms with Crippen LogP contribution in [0.15, 0.2) is 36.5 Å². The molecule has 7 N–H and O–H groups in total. The molecular formula is C32H47N3O5. The Balaban J connectivity index is 1.54. The van der Waals surface area contributed by atoms with E-state index in [1.54, 1.807) is 19.2 Å². The van der Waals surface area contributed by atoms with Gasteiger partial charge in [-0.15, -0.1) is 5.92 Å². The molecule has 220 valence electrons. The van der Waals surface area contributed by atoms with Crippen molar-refractivity contribution in [1.29, 1.82) is 0 Å². The van der Waals surface area contributed by atoms with Crippen LogP contribution in [0.1, 0.15) is 69.9 Å². The number of aliphatic hydroxyl groups is 3. The van der Waals surface area contributed by atoms with Crippen LogP contribution in [0.2, 0.25) is 0 Å². The maximum Gasteiger partial charge on any atom is 0.161 e. The van der Waals surface area contributed by atoms with Crippen molar-refractivity contribution in [2.45, 2.75) is 96.0 Å². The number of aromatic hydroxyl groups is 1. The predicted molar refractivity (Wildman–Crippen MR) is 158 cm³/mol. The van der Waals surface area contributed by atoms with Gasteiger partial charge >= 0.3 is 0 Å². The second-order valence-corrected chi connectivity index (χ2v) is 11.1. The molecule has 0 unspecified atom stereocenters. The van der Waals surface area contributed by atoms with E-state index < -0.39 is 18.3 Å². The number of nitrogens with one attached hydrogen (secondary N) is 1. The van der Waals surface area contributed by atoms with E-state index in [0.29, 0.717) is 50.4 Å². The highest BCUT2D eigenvalue weighted by Gasteiger charge is 2.28. The summed E-state index contributed by atoms with van der Waals surface area (Å²) < 4.78 is 5.85. The number of rotatable bonds is 13. The van der Waals surface area contributed by atoms with E-state index in [9.17, 15) is 20.4 Å². The SMILES string of the molecule is CC[C@@H]1C#CC[C@H]([C@H](O)CCc2ccc(O)c(OCCCc3ccnc(N)c3)c2)[C@@H](O)CC[C@@H](NC[C@H](C)O)C1. The number of ether oxygens (including phenoxy) is 1. The van der Waals surface area contributed by atoms with Gasteiger partial charge in [0.15, 0.2) is 11.5 Å². The molecule has 1 aromatic carbocycles. The zero-order chi connectivity index (χ0) is 28.9. The molecule has 40 heavy (non-hydrogen) atoms. The topological polar surface area (TPSA) is 141 Å². The fourth-order valence-electron chi connectivity index (χ4n) is 5.21. The highest BCUT2D eigenvalue weighted by Crippen LogP contribution is 2.29. The lowest BCUT2D eigenvalue weighted by Crippen LogP contribution is -2.38. The molecule has 8 nitrogen and oxygen atoms in total. The number of hydrogen-bond donors (Lipinski definition) is 6. The van der Waals surface area contributed by atoms with Crippen LogP contribution in [0.4, 0.5) is 5.82 Å². The average molecular weight is 554 g/mol. The molecule has 0 amide bonds. The maximum atomic E-state index is 11.1.